The molecule has 0 fully saturated rings. The van der Waals surface area contributed by atoms with Crippen molar-refractivity contribution in [3.05, 3.63) is 84.3 Å². The fourth-order valence-electron chi connectivity index (χ4n) is 2.76. The summed E-state index contributed by atoms with van der Waals surface area (Å²) >= 11 is 0. The van der Waals surface area contributed by atoms with Gasteiger partial charge in [-0.15, -0.1) is 0 Å². The zero-order chi connectivity index (χ0) is 21.5. The molecule has 0 aliphatic carbocycles. The SMILES string of the molecule is [2H]c1c([2H])c([2H])c(N(c2cc(-c3ccccc3)ccc2F)C(C)(C)C)c(F)c1[2H]. The summed E-state index contributed by atoms with van der Waals surface area (Å²) in [6.45, 7) is 5.17. The molecule has 3 aromatic carbocycles. The van der Waals surface area contributed by atoms with Crippen LogP contribution in [0, 0.1) is 11.6 Å². The first-order chi connectivity index (χ1) is 13.5. The third-order valence-corrected chi connectivity index (χ3v) is 3.81. The molecule has 0 unspecified atom stereocenters. The normalized spacial score (nSPS) is 13.6. The van der Waals surface area contributed by atoms with E-state index in [0.717, 1.165) is 5.56 Å². The largest absolute Gasteiger partial charge is 0.331 e. The Morgan fingerprint density at radius 2 is 1.48 bits per heavy atom. The van der Waals surface area contributed by atoms with Crippen LogP contribution in [0.2, 0.25) is 0 Å². The van der Waals surface area contributed by atoms with Crippen molar-refractivity contribution in [3.63, 3.8) is 0 Å². The molecule has 0 spiro atoms. The maximum Gasteiger partial charge on any atom is 0.146 e. The van der Waals surface area contributed by atoms with Gasteiger partial charge in [-0.05, 0) is 56.1 Å². The van der Waals surface area contributed by atoms with Crippen LogP contribution in [0.25, 0.3) is 11.1 Å². The predicted octanol–water partition coefficient (Wildman–Crippen LogP) is 6.57. The summed E-state index contributed by atoms with van der Waals surface area (Å²) in [6, 6.07) is 11.2. The van der Waals surface area contributed by atoms with Crippen molar-refractivity contribution in [3.8, 4) is 11.1 Å². The highest BCUT2D eigenvalue weighted by Crippen LogP contribution is 2.38. The van der Waals surface area contributed by atoms with E-state index in [0.29, 0.717) is 5.56 Å². The molecular formula is C22H21F2N. The van der Waals surface area contributed by atoms with Crippen molar-refractivity contribution >= 4 is 11.4 Å². The van der Waals surface area contributed by atoms with Gasteiger partial charge in [0.1, 0.15) is 11.6 Å². The highest BCUT2D eigenvalue weighted by molar-refractivity contribution is 5.74. The van der Waals surface area contributed by atoms with Gasteiger partial charge in [0.05, 0.1) is 16.9 Å². The minimum Gasteiger partial charge on any atom is -0.331 e. The maximum absolute atomic E-state index is 15.0. The number of rotatable bonds is 3. The average molecular weight is 341 g/mol. The summed E-state index contributed by atoms with van der Waals surface area (Å²) in [4.78, 5) is 1.29. The Bertz CT molecular complexity index is 1030. The molecule has 0 aliphatic rings. The van der Waals surface area contributed by atoms with E-state index in [-0.39, 0.29) is 11.4 Å². The first-order valence-corrected chi connectivity index (χ1v) is 7.95. The molecule has 0 atom stereocenters. The third-order valence-electron chi connectivity index (χ3n) is 3.81. The summed E-state index contributed by atoms with van der Waals surface area (Å²) in [7, 11) is 0. The van der Waals surface area contributed by atoms with Gasteiger partial charge in [-0.25, -0.2) is 8.78 Å². The Balaban J connectivity index is 2.32. The van der Waals surface area contributed by atoms with Gasteiger partial charge in [-0.3, -0.25) is 0 Å². The molecule has 0 bridgehead atoms. The molecule has 3 heteroatoms. The van der Waals surface area contributed by atoms with Crippen LogP contribution in [0.5, 0.6) is 0 Å². The van der Waals surface area contributed by atoms with E-state index in [1.54, 1.807) is 32.9 Å². The monoisotopic (exact) mass is 341 g/mol. The van der Waals surface area contributed by atoms with E-state index >= 15 is 4.39 Å². The third kappa shape index (κ3) is 3.55. The summed E-state index contributed by atoms with van der Waals surface area (Å²) in [5.74, 6) is -1.73. The molecule has 25 heavy (non-hydrogen) atoms. The van der Waals surface area contributed by atoms with E-state index < -0.39 is 41.3 Å². The lowest BCUT2D eigenvalue weighted by atomic mass is 9.99. The molecule has 128 valence electrons. The summed E-state index contributed by atoms with van der Waals surface area (Å²) in [5, 5.41) is 0. The predicted molar refractivity (Wildman–Crippen MR) is 100 cm³/mol. The Labute approximate surface area is 153 Å². The number of hydrogen-bond acceptors (Lipinski definition) is 1. The van der Waals surface area contributed by atoms with Crippen LogP contribution in [0.4, 0.5) is 20.2 Å². The van der Waals surface area contributed by atoms with Crippen molar-refractivity contribution < 1.29 is 14.3 Å². The lowest BCUT2D eigenvalue weighted by Gasteiger charge is -2.38. The smallest absolute Gasteiger partial charge is 0.146 e. The number of nitrogens with zero attached hydrogens (tertiary/aromatic N) is 1. The number of para-hydroxylation sites is 1. The highest BCUT2D eigenvalue weighted by atomic mass is 19.1. The van der Waals surface area contributed by atoms with Crippen LogP contribution in [0.15, 0.2) is 72.7 Å². The van der Waals surface area contributed by atoms with Gasteiger partial charge in [-0.2, -0.15) is 0 Å². The highest BCUT2D eigenvalue weighted by Gasteiger charge is 2.28. The fraction of sp³-hybridized carbons (Fsp3) is 0.182. The van der Waals surface area contributed by atoms with E-state index in [9.17, 15) is 4.39 Å². The maximum atomic E-state index is 15.0. The van der Waals surface area contributed by atoms with Crippen molar-refractivity contribution in [1.29, 1.82) is 0 Å². The summed E-state index contributed by atoms with van der Waals surface area (Å²) in [5.41, 5.74) is 0.320. The van der Waals surface area contributed by atoms with Gasteiger partial charge >= 0.3 is 0 Å². The second-order valence-corrected chi connectivity index (χ2v) is 6.70. The van der Waals surface area contributed by atoms with Gasteiger partial charge in [-0.1, -0.05) is 48.5 Å². The van der Waals surface area contributed by atoms with E-state index in [2.05, 4.69) is 0 Å². The van der Waals surface area contributed by atoms with Crippen LogP contribution in [0.1, 0.15) is 26.3 Å². The number of anilines is 2. The van der Waals surface area contributed by atoms with E-state index in [4.69, 9.17) is 5.48 Å². The fourth-order valence-corrected chi connectivity index (χ4v) is 2.76. The minimum atomic E-state index is -1.12. The Kier molecular flexibility index (Phi) is 3.38. The topological polar surface area (TPSA) is 3.24 Å². The molecule has 0 aromatic heterocycles. The van der Waals surface area contributed by atoms with E-state index in [1.165, 1.54) is 11.0 Å². The first kappa shape index (κ1) is 12.6. The minimum absolute atomic E-state index is 0.0304. The van der Waals surface area contributed by atoms with Crippen molar-refractivity contribution in [1.82, 2.24) is 0 Å². The molecule has 3 aromatic rings. The molecule has 0 saturated carbocycles. The summed E-state index contributed by atoms with van der Waals surface area (Å²) in [6.07, 6.45) is 0. The van der Waals surface area contributed by atoms with Crippen molar-refractivity contribution in [2.24, 2.45) is 0 Å². The standard InChI is InChI=1S/C22H21F2N/c1-22(2,3)25(20-12-8-7-11-18(20)23)21-15-17(13-14-19(21)24)16-9-5-4-6-10-16/h4-15H,1-3H3/i7D,8D,11D,12D. The van der Waals surface area contributed by atoms with Crippen LogP contribution in [-0.2, 0) is 0 Å². The number of benzene rings is 3. The molecular weight excluding hydrogens is 316 g/mol. The molecule has 0 heterocycles. The number of halogens is 2. The van der Waals surface area contributed by atoms with Crippen LogP contribution in [0.3, 0.4) is 0 Å². The van der Waals surface area contributed by atoms with Crippen LogP contribution in [-0.4, -0.2) is 5.54 Å². The van der Waals surface area contributed by atoms with E-state index in [1.807, 2.05) is 30.3 Å². The molecule has 1 nitrogen and oxygen atoms in total. The zero-order valence-corrected chi connectivity index (χ0v) is 14.3. The van der Waals surface area contributed by atoms with Crippen LogP contribution >= 0.6 is 0 Å². The van der Waals surface area contributed by atoms with Gasteiger partial charge < -0.3 is 4.90 Å². The van der Waals surface area contributed by atoms with Gasteiger partial charge in [0, 0.05) is 5.54 Å². The Morgan fingerprint density at radius 3 is 2.16 bits per heavy atom. The number of hydrogen-bond donors (Lipinski definition) is 0. The lowest BCUT2D eigenvalue weighted by molar-refractivity contribution is 0.527. The van der Waals surface area contributed by atoms with Crippen LogP contribution < -0.4 is 4.90 Å². The van der Waals surface area contributed by atoms with Gasteiger partial charge in [0.25, 0.3) is 0 Å². The molecule has 0 amide bonds. The first-order valence-electron chi connectivity index (χ1n) is 9.95. The molecule has 0 aliphatic heterocycles. The van der Waals surface area contributed by atoms with Crippen molar-refractivity contribution in [2.45, 2.75) is 26.3 Å². The van der Waals surface area contributed by atoms with Gasteiger partial charge in [0.2, 0.25) is 0 Å². The lowest BCUT2D eigenvalue weighted by Crippen LogP contribution is -2.38. The summed E-state index contributed by atoms with van der Waals surface area (Å²) < 4.78 is 61.7. The van der Waals surface area contributed by atoms with Crippen molar-refractivity contribution in [2.75, 3.05) is 4.90 Å². The average Bonchev–Trinajstić information content (AvgIpc) is 2.69. The Morgan fingerprint density at radius 1 is 0.800 bits per heavy atom. The molecule has 0 N–H and O–H groups in total. The van der Waals surface area contributed by atoms with Gasteiger partial charge in [0.15, 0.2) is 0 Å². The molecule has 0 saturated heterocycles. The zero-order valence-electron chi connectivity index (χ0n) is 18.3. The quantitative estimate of drug-likeness (QED) is 0.521. The Hall–Kier alpha value is -2.68. The second-order valence-electron chi connectivity index (χ2n) is 6.70. The molecule has 0 radical (unpaired) electrons. The second kappa shape index (κ2) is 6.67. The molecule has 3 rings (SSSR count).